The molecule has 1 saturated heterocycles. The van der Waals surface area contributed by atoms with Crippen molar-refractivity contribution in [3.8, 4) is 0 Å². The van der Waals surface area contributed by atoms with Crippen molar-refractivity contribution in [1.29, 1.82) is 0 Å². The minimum Gasteiger partial charge on any atom is -0.459 e. The Morgan fingerprint density at radius 1 is 1.33 bits per heavy atom. The summed E-state index contributed by atoms with van der Waals surface area (Å²) in [5.74, 6) is 0.114. The molecule has 1 atom stereocenters. The molecule has 1 aliphatic rings. The Balaban J connectivity index is 1.70. The monoisotopic (exact) mass is 402 g/mol. The van der Waals surface area contributed by atoms with Crippen molar-refractivity contribution in [3.05, 3.63) is 63.1 Å². The summed E-state index contributed by atoms with van der Waals surface area (Å²) in [6.07, 6.45) is 2.46. The summed E-state index contributed by atoms with van der Waals surface area (Å²) in [5.41, 5.74) is 2.41. The van der Waals surface area contributed by atoms with Gasteiger partial charge in [0.15, 0.2) is 5.76 Å². The van der Waals surface area contributed by atoms with Gasteiger partial charge in [0.25, 0.3) is 5.91 Å². The maximum Gasteiger partial charge on any atom is 0.291 e. The Bertz CT molecular complexity index is 865. The van der Waals surface area contributed by atoms with E-state index in [2.05, 4.69) is 40.0 Å². The molecule has 0 spiro atoms. The summed E-state index contributed by atoms with van der Waals surface area (Å²) in [6.45, 7) is 5.37. The zero-order valence-corrected chi connectivity index (χ0v) is 16.8. The third-order valence-corrected chi connectivity index (χ3v) is 6.61. The number of amides is 1. The number of anilines is 1. The molecule has 0 unspecified atom stereocenters. The second kappa shape index (κ2) is 8.39. The molecule has 142 valence electrons. The Labute approximate surface area is 166 Å². The van der Waals surface area contributed by atoms with Crippen LogP contribution in [0.3, 0.4) is 0 Å². The van der Waals surface area contributed by atoms with Crippen molar-refractivity contribution in [2.24, 2.45) is 0 Å². The summed E-state index contributed by atoms with van der Waals surface area (Å²) >= 11 is 3.35. The van der Waals surface area contributed by atoms with Crippen LogP contribution in [0.25, 0.3) is 0 Å². The van der Waals surface area contributed by atoms with E-state index in [0.717, 1.165) is 43.3 Å². The smallest absolute Gasteiger partial charge is 0.291 e. The van der Waals surface area contributed by atoms with Gasteiger partial charge in [-0.05, 0) is 47.0 Å². The molecule has 3 aromatic heterocycles. The molecule has 0 bridgehead atoms. The van der Waals surface area contributed by atoms with Crippen LogP contribution in [0.1, 0.15) is 39.5 Å². The number of aryl methyl sites for hydroxylation is 1. The maximum absolute atomic E-state index is 12.6. The lowest BCUT2D eigenvalue weighted by Crippen LogP contribution is -2.39. The highest BCUT2D eigenvalue weighted by atomic mass is 32.1. The van der Waals surface area contributed by atoms with Gasteiger partial charge in [-0.3, -0.25) is 9.69 Å². The van der Waals surface area contributed by atoms with Crippen LogP contribution in [0.4, 0.5) is 5.00 Å². The first-order chi connectivity index (χ1) is 13.3. The minimum atomic E-state index is -0.211. The lowest BCUT2D eigenvalue weighted by molar-refractivity contribution is 0.0242. The van der Waals surface area contributed by atoms with E-state index in [1.165, 1.54) is 16.7 Å². The highest BCUT2D eigenvalue weighted by Crippen LogP contribution is 2.40. The Kier molecular flexibility index (Phi) is 5.73. The Morgan fingerprint density at radius 2 is 2.19 bits per heavy atom. The van der Waals surface area contributed by atoms with Crippen molar-refractivity contribution in [2.75, 3.05) is 31.6 Å². The maximum atomic E-state index is 12.6. The van der Waals surface area contributed by atoms with Crippen molar-refractivity contribution < 1.29 is 13.9 Å². The third-order valence-electron chi connectivity index (χ3n) is 4.70. The molecule has 5 nitrogen and oxygen atoms in total. The van der Waals surface area contributed by atoms with E-state index in [-0.39, 0.29) is 11.9 Å². The second-order valence-electron chi connectivity index (χ2n) is 6.39. The molecule has 0 saturated carbocycles. The largest absolute Gasteiger partial charge is 0.459 e. The van der Waals surface area contributed by atoms with E-state index in [1.54, 1.807) is 34.8 Å². The predicted molar refractivity (Wildman–Crippen MR) is 109 cm³/mol. The first-order valence-electron chi connectivity index (χ1n) is 9.07. The summed E-state index contributed by atoms with van der Waals surface area (Å²) in [5, 5.41) is 8.28. The van der Waals surface area contributed by atoms with Crippen LogP contribution in [-0.2, 0) is 11.2 Å². The number of hydrogen-bond donors (Lipinski definition) is 1. The molecular formula is C20H22N2O3S2. The first kappa shape index (κ1) is 18.4. The highest BCUT2D eigenvalue weighted by molar-refractivity contribution is 7.16. The van der Waals surface area contributed by atoms with Crippen LogP contribution in [0.5, 0.6) is 0 Å². The number of morpholine rings is 1. The summed E-state index contributed by atoms with van der Waals surface area (Å²) in [6, 6.07) is 7.93. The molecule has 0 aliphatic carbocycles. The van der Waals surface area contributed by atoms with Gasteiger partial charge in [0.05, 0.1) is 25.5 Å². The average Bonchev–Trinajstić information content (AvgIpc) is 3.46. The lowest BCUT2D eigenvalue weighted by atomic mass is 10.0. The van der Waals surface area contributed by atoms with Gasteiger partial charge in [-0.1, -0.05) is 6.92 Å². The quantitative estimate of drug-likeness (QED) is 0.653. The molecule has 27 heavy (non-hydrogen) atoms. The minimum absolute atomic E-state index is 0.114. The topological polar surface area (TPSA) is 54.7 Å². The van der Waals surface area contributed by atoms with Crippen molar-refractivity contribution in [1.82, 2.24) is 4.90 Å². The van der Waals surface area contributed by atoms with Gasteiger partial charge in [0.1, 0.15) is 5.00 Å². The fourth-order valence-electron chi connectivity index (χ4n) is 3.36. The zero-order valence-electron chi connectivity index (χ0n) is 15.1. The molecule has 7 heteroatoms. The second-order valence-corrected chi connectivity index (χ2v) is 8.31. The number of nitrogens with zero attached hydrogens (tertiary/aromatic N) is 1. The first-order valence-corrected chi connectivity index (χ1v) is 10.8. The van der Waals surface area contributed by atoms with Gasteiger partial charge in [-0.2, -0.15) is 11.3 Å². The summed E-state index contributed by atoms with van der Waals surface area (Å²) < 4.78 is 10.8. The van der Waals surface area contributed by atoms with E-state index < -0.39 is 0 Å². The van der Waals surface area contributed by atoms with Gasteiger partial charge in [-0.15, -0.1) is 11.3 Å². The standard InChI is InChI=1S/C20H22N2O3S2/c1-2-15-12-16(20(27-15)21-19(23)17-4-3-8-25-17)18(14-5-11-26-13-14)22-6-9-24-10-7-22/h3-5,8,11-13,18H,2,6-7,9-10H2,1H3,(H,21,23)/t18-/m1/s1. The number of carbonyl (C=O) groups is 1. The van der Waals surface area contributed by atoms with Crippen LogP contribution in [0, 0.1) is 0 Å². The number of nitrogens with one attached hydrogen (secondary N) is 1. The van der Waals surface area contributed by atoms with Crippen molar-refractivity contribution in [2.45, 2.75) is 19.4 Å². The van der Waals surface area contributed by atoms with E-state index in [4.69, 9.17) is 9.15 Å². The molecule has 3 aromatic rings. The van der Waals surface area contributed by atoms with E-state index >= 15 is 0 Å². The molecule has 4 heterocycles. The van der Waals surface area contributed by atoms with Gasteiger partial charge < -0.3 is 14.5 Å². The van der Waals surface area contributed by atoms with Gasteiger partial charge >= 0.3 is 0 Å². The van der Waals surface area contributed by atoms with Crippen LogP contribution in [0.15, 0.2) is 45.7 Å². The fraction of sp³-hybridized carbons (Fsp3) is 0.350. The van der Waals surface area contributed by atoms with Crippen molar-refractivity contribution in [3.63, 3.8) is 0 Å². The number of furan rings is 1. The van der Waals surface area contributed by atoms with Crippen LogP contribution in [-0.4, -0.2) is 37.1 Å². The van der Waals surface area contributed by atoms with E-state index in [0.29, 0.717) is 5.76 Å². The van der Waals surface area contributed by atoms with Gasteiger partial charge in [-0.25, -0.2) is 0 Å². The number of thiophene rings is 2. The van der Waals surface area contributed by atoms with Crippen LogP contribution < -0.4 is 5.32 Å². The normalized spacial score (nSPS) is 16.3. The molecule has 0 aromatic carbocycles. The fourth-order valence-corrected chi connectivity index (χ4v) is 5.06. The molecule has 0 radical (unpaired) electrons. The van der Waals surface area contributed by atoms with Crippen LogP contribution in [0.2, 0.25) is 0 Å². The number of ether oxygens (including phenoxy) is 1. The molecule has 1 N–H and O–H groups in total. The molecule has 1 amide bonds. The molecule has 1 aliphatic heterocycles. The van der Waals surface area contributed by atoms with Crippen molar-refractivity contribution >= 4 is 33.6 Å². The predicted octanol–water partition coefficient (Wildman–Crippen LogP) is 4.64. The lowest BCUT2D eigenvalue weighted by Gasteiger charge is -2.34. The Hall–Kier alpha value is -1.93. The number of hydrogen-bond acceptors (Lipinski definition) is 6. The summed E-state index contributed by atoms with van der Waals surface area (Å²) in [7, 11) is 0. The Morgan fingerprint density at radius 3 is 2.85 bits per heavy atom. The highest BCUT2D eigenvalue weighted by Gasteiger charge is 2.29. The SMILES string of the molecule is CCc1cc([C@@H](c2ccsc2)N2CCOCC2)c(NC(=O)c2ccco2)s1. The van der Waals surface area contributed by atoms with Crippen LogP contribution >= 0.6 is 22.7 Å². The zero-order chi connectivity index (χ0) is 18.6. The number of rotatable bonds is 6. The summed E-state index contributed by atoms with van der Waals surface area (Å²) in [4.78, 5) is 16.3. The molecule has 1 fully saturated rings. The van der Waals surface area contributed by atoms with Gasteiger partial charge in [0.2, 0.25) is 0 Å². The molecular weight excluding hydrogens is 380 g/mol. The third kappa shape index (κ3) is 4.01. The average molecular weight is 403 g/mol. The van der Waals surface area contributed by atoms with E-state index in [9.17, 15) is 4.79 Å². The number of carbonyl (C=O) groups excluding carboxylic acids is 1. The molecule has 4 rings (SSSR count). The van der Waals surface area contributed by atoms with Gasteiger partial charge in [0, 0.05) is 23.5 Å². The van der Waals surface area contributed by atoms with E-state index in [1.807, 2.05) is 0 Å².